The second-order valence-corrected chi connectivity index (χ2v) is 6.81. The van der Waals surface area contributed by atoms with Gasteiger partial charge < -0.3 is 10.2 Å². The molecule has 2 aromatic rings. The lowest BCUT2D eigenvalue weighted by Crippen LogP contribution is -2.40. The molecule has 1 aromatic heterocycles. The summed E-state index contributed by atoms with van der Waals surface area (Å²) in [5.74, 6) is 0.288. The lowest BCUT2D eigenvalue weighted by molar-refractivity contribution is -0.127. The summed E-state index contributed by atoms with van der Waals surface area (Å²) < 4.78 is 1.23. The van der Waals surface area contributed by atoms with Gasteiger partial charge in [0.1, 0.15) is 5.01 Å². The Labute approximate surface area is 129 Å². The van der Waals surface area contributed by atoms with E-state index in [0.29, 0.717) is 6.42 Å². The minimum atomic E-state index is 0.204. The molecule has 4 nitrogen and oxygen atoms in total. The van der Waals surface area contributed by atoms with Crippen LogP contribution in [0.4, 0.5) is 0 Å². The fraction of sp³-hybridized carbons (Fsp3) is 0.500. The number of amides is 1. The van der Waals surface area contributed by atoms with Gasteiger partial charge in [0.05, 0.1) is 16.3 Å². The van der Waals surface area contributed by atoms with Crippen molar-refractivity contribution in [2.24, 2.45) is 0 Å². The van der Waals surface area contributed by atoms with E-state index in [1.807, 2.05) is 23.1 Å². The van der Waals surface area contributed by atoms with Crippen LogP contribution in [0.15, 0.2) is 24.3 Å². The van der Waals surface area contributed by atoms with E-state index in [4.69, 9.17) is 0 Å². The molecular formula is C16H21N3OS. The first kappa shape index (κ1) is 14.5. The van der Waals surface area contributed by atoms with Gasteiger partial charge in [-0.25, -0.2) is 4.98 Å². The van der Waals surface area contributed by atoms with Crippen molar-refractivity contribution < 1.29 is 4.79 Å². The Morgan fingerprint density at radius 3 is 2.90 bits per heavy atom. The topological polar surface area (TPSA) is 45.2 Å². The van der Waals surface area contributed by atoms with E-state index in [-0.39, 0.29) is 18.0 Å². The molecule has 3 rings (SSSR count). The predicted octanol–water partition coefficient (Wildman–Crippen LogP) is 2.96. The summed E-state index contributed by atoms with van der Waals surface area (Å²) in [5, 5.41) is 4.67. The number of carbonyl (C=O) groups is 1. The number of benzene rings is 1. The largest absolute Gasteiger partial charge is 0.341 e. The van der Waals surface area contributed by atoms with Crippen molar-refractivity contribution in [3.63, 3.8) is 0 Å². The van der Waals surface area contributed by atoms with Crippen LogP contribution >= 0.6 is 11.3 Å². The van der Waals surface area contributed by atoms with Gasteiger partial charge >= 0.3 is 0 Å². The summed E-state index contributed by atoms with van der Waals surface area (Å²) in [6.45, 7) is 5.96. The molecule has 2 atom stereocenters. The number of likely N-dealkylation sites (tertiary alicyclic amines) is 1. The van der Waals surface area contributed by atoms with Gasteiger partial charge in [-0.05, 0) is 32.4 Å². The Kier molecular flexibility index (Phi) is 4.22. The lowest BCUT2D eigenvalue weighted by Gasteiger charge is -2.24. The predicted molar refractivity (Wildman–Crippen MR) is 86.4 cm³/mol. The van der Waals surface area contributed by atoms with E-state index in [9.17, 15) is 4.79 Å². The summed E-state index contributed by atoms with van der Waals surface area (Å²) >= 11 is 1.74. The normalized spacial score (nSPS) is 18.4. The van der Waals surface area contributed by atoms with Crippen molar-refractivity contribution in [1.82, 2.24) is 15.2 Å². The van der Waals surface area contributed by atoms with Crippen LogP contribution < -0.4 is 5.32 Å². The molecule has 0 bridgehead atoms. The molecule has 1 aliphatic rings. The number of para-hydroxylation sites is 1. The molecule has 1 amide bonds. The standard InChI is InChI=1S/C16H21N3OS/c1-11(10-19-9-5-8-15(19)20)17-12(2)16-18-13-6-3-4-7-14(13)21-16/h3-4,6-7,11-12,17H,5,8-10H2,1-2H3. The van der Waals surface area contributed by atoms with Gasteiger partial charge in [0.15, 0.2) is 0 Å². The Morgan fingerprint density at radius 1 is 1.38 bits per heavy atom. The number of aromatic nitrogens is 1. The molecule has 21 heavy (non-hydrogen) atoms. The Bertz CT molecular complexity index is 606. The van der Waals surface area contributed by atoms with E-state index >= 15 is 0 Å². The number of thiazole rings is 1. The highest BCUT2D eigenvalue weighted by molar-refractivity contribution is 7.18. The molecule has 1 fully saturated rings. The van der Waals surface area contributed by atoms with E-state index in [1.54, 1.807) is 11.3 Å². The summed E-state index contributed by atoms with van der Waals surface area (Å²) in [5.41, 5.74) is 1.06. The Balaban J connectivity index is 1.62. The van der Waals surface area contributed by atoms with Gasteiger partial charge in [-0.1, -0.05) is 12.1 Å². The quantitative estimate of drug-likeness (QED) is 0.923. The van der Waals surface area contributed by atoms with Crippen molar-refractivity contribution in [2.45, 2.75) is 38.8 Å². The van der Waals surface area contributed by atoms with Crippen molar-refractivity contribution in [1.29, 1.82) is 0 Å². The summed E-state index contributed by atoms with van der Waals surface area (Å²) in [7, 11) is 0. The first-order valence-electron chi connectivity index (χ1n) is 7.53. The molecular weight excluding hydrogens is 282 g/mol. The first-order chi connectivity index (χ1) is 10.1. The van der Waals surface area contributed by atoms with Gasteiger partial charge in [-0.15, -0.1) is 11.3 Å². The number of carbonyl (C=O) groups excluding carboxylic acids is 1. The molecule has 0 aliphatic carbocycles. The number of hydrogen-bond donors (Lipinski definition) is 1. The number of rotatable bonds is 5. The van der Waals surface area contributed by atoms with E-state index < -0.39 is 0 Å². The van der Waals surface area contributed by atoms with Crippen LogP contribution in [0.2, 0.25) is 0 Å². The van der Waals surface area contributed by atoms with Gasteiger partial charge in [0.25, 0.3) is 0 Å². The molecule has 0 spiro atoms. The fourth-order valence-electron chi connectivity index (χ4n) is 2.85. The number of fused-ring (bicyclic) bond motifs is 1. The smallest absolute Gasteiger partial charge is 0.222 e. The third-order valence-electron chi connectivity index (χ3n) is 3.88. The second-order valence-electron chi connectivity index (χ2n) is 5.75. The molecule has 0 saturated carbocycles. The molecule has 1 saturated heterocycles. The maximum absolute atomic E-state index is 11.7. The van der Waals surface area contributed by atoms with Crippen molar-refractivity contribution in [2.75, 3.05) is 13.1 Å². The number of hydrogen-bond acceptors (Lipinski definition) is 4. The third kappa shape index (κ3) is 3.24. The van der Waals surface area contributed by atoms with Gasteiger partial charge in [-0.3, -0.25) is 4.79 Å². The van der Waals surface area contributed by atoms with Crippen LogP contribution in [0.5, 0.6) is 0 Å². The molecule has 5 heteroatoms. The zero-order valence-corrected chi connectivity index (χ0v) is 13.3. The minimum Gasteiger partial charge on any atom is -0.341 e. The summed E-state index contributed by atoms with van der Waals surface area (Å²) in [4.78, 5) is 18.3. The van der Waals surface area contributed by atoms with Crippen LogP contribution in [-0.4, -0.2) is 34.9 Å². The highest BCUT2D eigenvalue weighted by atomic mass is 32.1. The molecule has 2 heterocycles. The van der Waals surface area contributed by atoms with Crippen molar-refractivity contribution >= 4 is 27.5 Å². The monoisotopic (exact) mass is 303 g/mol. The molecule has 1 aliphatic heterocycles. The third-order valence-corrected chi connectivity index (χ3v) is 5.10. The highest BCUT2D eigenvalue weighted by Gasteiger charge is 2.22. The average molecular weight is 303 g/mol. The van der Waals surface area contributed by atoms with E-state index in [2.05, 4.69) is 30.2 Å². The van der Waals surface area contributed by atoms with Crippen molar-refractivity contribution in [3.8, 4) is 0 Å². The Morgan fingerprint density at radius 2 is 2.19 bits per heavy atom. The molecule has 0 radical (unpaired) electrons. The molecule has 112 valence electrons. The zero-order valence-electron chi connectivity index (χ0n) is 12.5. The lowest BCUT2D eigenvalue weighted by atomic mass is 10.2. The van der Waals surface area contributed by atoms with E-state index in [0.717, 1.165) is 30.0 Å². The van der Waals surface area contributed by atoms with Crippen LogP contribution in [0.3, 0.4) is 0 Å². The van der Waals surface area contributed by atoms with Crippen molar-refractivity contribution in [3.05, 3.63) is 29.3 Å². The second kappa shape index (κ2) is 6.12. The zero-order chi connectivity index (χ0) is 14.8. The minimum absolute atomic E-state index is 0.204. The maximum atomic E-state index is 11.7. The maximum Gasteiger partial charge on any atom is 0.222 e. The SMILES string of the molecule is CC(CN1CCCC1=O)NC(C)c1nc2ccccc2s1. The highest BCUT2D eigenvalue weighted by Crippen LogP contribution is 2.26. The van der Waals surface area contributed by atoms with Gasteiger partial charge in [0, 0.05) is 25.6 Å². The van der Waals surface area contributed by atoms with Crippen LogP contribution in [0, 0.1) is 0 Å². The molecule has 2 unspecified atom stereocenters. The van der Waals surface area contributed by atoms with Crippen LogP contribution in [-0.2, 0) is 4.79 Å². The fourth-order valence-corrected chi connectivity index (χ4v) is 3.83. The Hall–Kier alpha value is -1.46. The van der Waals surface area contributed by atoms with E-state index in [1.165, 1.54) is 4.70 Å². The van der Waals surface area contributed by atoms with Crippen LogP contribution in [0.1, 0.15) is 37.7 Å². The summed E-state index contributed by atoms with van der Waals surface area (Å²) in [6, 6.07) is 8.70. The van der Waals surface area contributed by atoms with Gasteiger partial charge in [-0.2, -0.15) is 0 Å². The molecule has 1 aromatic carbocycles. The number of nitrogens with one attached hydrogen (secondary N) is 1. The van der Waals surface area contributed by atoms with Crippen LogP contribution in [0.25, 0.3) is 10.2 Å². The first-order valence-corrected chi connectivity index (χ1v) is 8.34. The molecule has 1 N–H and O–H groups in total. The average Bonchev–Trinajstić information content (AvgIpc) is 3.05. The number of nitrogens with zero attached hydrogens (tertiary/aromatic N) is 2. The summed E-state index contributed by atoms with van der Waals surface area (Å²) in [6.07, 6.45) is 1.71. The van der Waals surface area contributed by atoms with Gasteiger partial charge in [0.2, 0.25) is 5.91 Å².